The molecule has 82 valence electrons. The maximum Gasteiger partial charge on any atom is 0.0600 e. The number of hydrogen-bond acceptors (Lipinski definition) is 3. The Morgan fingerprint density at radius 3 is 2.57 bits per heavy atom. The highest BCUT2D eigenvalue weighted by atomic mass is 16.5. The summed E-state index contributed by atoms with van der Waals surface area (Å²) in [5.41, 5.74) is 0. The third-order valence-corrected chi connectivity index (χ3v) is 3.25. The van der Waals surface area contributed by atoms with Crippen molar-refractivity contribution in [1.82, 2.24) is 10.2 Å². The van der Waals surface area contributed by atoms with Crippen LogP contribution in [0.5, 0.6) is 0 Å². The van der Waals surface area contributed by atoms with Crippen molar-refractivity contribution in [2.24, 2.45) is 0 Å². The summed E-state index contributed by atoms with van der Waals surface area (Å²) >= 11 is 0. The van der Waals surface area contributed by atoms with Gasteiger partial charge in [0.15, 0.2) is 0 Å². The van der Waals surface area contributed by atoms with Crippen molar-refractivity contribution in [2.45, 2.75) is 37.8 Å². The molecule has 1 N–H and O–H groups in total. The molecule has 0 aromatic heterocycles. The fourth-order valence-corrected chi connectivity index (χ4v) is 2.02. The van der Waals surface area contributed by atoms with E-state index in [-0.39, 0.29) is 0 Å². The van der Waals surface area contributed by atoms with E-state index >= 15 is 0 Å². The van der Waals surface area contributed by atoms with Gasteiger partial charge in [0.05, 0.1) is 12.7 Å². The molecule has 2 fully saturated rings. The standard InChI is InChI=1S/C11H22N2O/c1-13(10-2-3-10)8-9-14-11-4-6-12-7-5-11/h10-12H,2-9H2,1H3. The second-order valence-corrected chi connectivity index (χ2v) is 4.53. The molecule has 0 aromatic rings. The van der Waals surface area contributed by atoms with Crippen LogP contribution in [-0.2, 0) is 4.74 Å². The smallest absolute Gasteiger partial charge is 0.0600 e. The molecule has 0 spiro atoms. The van der Waals surface area contributed by atoms with E-state index in [1.165, 1.54) is 25.7 Å². The van der Waals surface area contributed by atoms with Gasteiger partial charge in [0.25, 0.3) is 0 Å². The Labute approximate surface area is 86.8 Å². The summed E-state index contributed by atoms with van der Waals surface area (Å²) < 4.78 is 5.85. The van der Waals surface area contributed by atoms with Crippen LogP contribution in [0.3, 0.4) is 0 Å². The topological polar surface area (TPSA) is 24.5 Å². The van der Waals surface area contributed by atoms with Crippen molar-refractivity contribution < 1.29 is 4.74 Å². The van der Waals surface area contributed by atoms with Gasteiger partial charge in [-0.05, 0) is 45.8 Å². The summed E-state index contributed by atoms with van der Waals surface area (Å²) in [6, 6.07) is 0.867. The quantitative estimate of drug-likeness (QED) is 0.709. The lowest BCUT2D eigenvalue weighted by molar-refractivity contribution is 0.0223. The summed E-state index contributed by atoms with van der Waals surface area (Å²) in [6.07, 6.45) is 5.68. The molecule has 2 rings (SSSR count). The number of piperidine rings is 1. The van der Waals surface area contributed by atoms with Crippen LogP contribution in [0.2, 0.25) is 0 Å². The molecule has 0 atom stereocenters. The Hall–Kier alpha value is -0.120. The highest BCUT2D eigenvalue weighted by molar-refractivity contribution is 4.82. The average Bonchev–Trinajstić information content (AvgIpc) is 3.02. The van der Waals surface area contributed by atoms with E-state index in [1.54, 1.807) is 0 Å². The van der Waals surface area contributed by atoms with Crippen LogP contribution in [0.1, 0.15) is 25.7 Å². The minimum Gasteiger partial charge on any atom is -0.377 e. The van der Waals surface area contributed by atoms with Gasteiger partial charge in [-0.2, -0.15) is 0 Å². The molecule has 3 nitrogen and oxygen atoms in total. The molecule has 0 unspecified atom stereocenters. The first-order valence-electron chi connectivity index (χ1n) is 5.89. The lowest BCUT2D eigenvalue weighted by Crippen LogP contribution is -2.34. The van der Waals surface area contributed by atoms with E-state index < -0.39 is 0 Å². The summed E-state index contributed by atoms with van der Waals surface area (Å²) in [5, 5.41) is 3.35. The summed E-state index contributed by atoms with van der Waals surface area (Å²) in [6.45, 7) is 4.28. The third-order valence-electron chi connectivity index (χ3n) is 3.25. The van der Waals surface area contributed by atoms with Crippen LogP contribution in [0, 0.1) is 0 Å². The number of nitrogens with zero attached hydrogens (tertiary/aromatic N) is 1. The number of likely N-dealkylation sites (N-methyl/N-ethyl adjacent to an activating group) is 1. The molecule has 1 heterocycles. The molecule has 1 saturated carbocycles. The molecule has 2 aliphatic rings. The van der Waals surface area contributed by atoms with Crippen molar-refractivity contribution in [3.05, 3.63) is 0 Å². The van der Waals surface area contributed by atoms with Crippen LogP contribution in [0.15, 0.2) is 0 Å². The molecule has 1 aliphatic heterocycles. The Kier molecular flexibility index (Phi) is 3.79. The molecule has 1 saturated heterocycles. The second-order valence-electron chi connectivity index (χ2n) is 4.53. The van der Waals surface area contributed by atoms with Gasteiger partial charge in [-0.15, -0.1) is 0 Å². The molecule has 14 heavy (non-hydrogen) atoms. The van der Waals surface area contributed by atoms with Crippen LogP contribution < -0.4 is 5.32 Å². The van der Waals surface area contributed by atoms with Crippen molar-refractivity contribution in [2.75, 3.05) is 33.3 Å². The first-order valence-corrected chi connectivity index (χ1v) is 5.89. The maximum atomic E-state index is 5.85. The molecule has 1 aliphatic carbocycles. The lowest BCUT2D eigenvalue weighted by atomic mass is 10.1. The highest BCUT2D eigenvalue weighted by Crippen LogP contribution is 2.24. The summed E-state index contributed by atoms with van der Waals surface area (Å²) in [4.78, 5) is 2.43. The molecular formula is C11H22N2O. The SMILES string of the molecule is CN(CCOC1CCNCC1)C1CC1. The number of hydrogen-bond donors (Lipinski definition) is 1. The fraction of sp³-hybridized carbons (Fsp3) is 1.00. The first-order chi connectivity index (χ1) is 6.86. The molecule has 0 bridgehead atoms. The second kappa shape index (κ2) is 5.10. The summed E-state index contributed by atoms with van der Waals surface area (Å²) in [7, 11) is 2.21. The Bertz CT molecular complexity index is 165. The van der Waals surface area contributed by atoms with Gasteiger partial charge in [-0.1, -0.05) is 0 Å². The van der Waals surface area contributed by atoms with Gasteiger partial charge in [0, 0.05) is 12.6 Å². The summed E-state index contributed by atoms with van der Waals surface area (Å²) in [5.74, 6) is 0. The van der Waals surface area contributed by atoms with Crippen molar-refractivity contribution in [3.63, 3.8) is 0 Å². The Morgan fingerprint density at radius 1 is 1.21 bits per heavy atom. The van der Waals surface area contributed by atoms with Gasteiger partial charge < -0.3 is 15.0 Å². The van der Waals surface area contributed by atoms with Gasteiger partial charge in [-0.25, -0.2) is 0 Å². The molecule has 3 heteroatoms. The van der Waals surface area contributed by atoms with Crippen LogP contribution in [0.4, 0.5) is 0 Å². The minimum atomic E-state index is 0.517. The third kappa shape index (κ3) is 3.23. The van der Waals surface area contributed by atoms with Gasteiger partial charge >= 0.3 is 0 Å². The van der Waals surface area contributed by atoms with Crippen LogP contribution in [-0.4, -0.2) is 50.3 Å². The van der Waals surface area contributed by atoms with Gasteiger partial charge in [0.2, 0.25) is 0 Å². The minimum absolute atomic E-state index is 0.517. The Morgan fingerprint density at radius 2 is 1.93 bits per heavy atom. The predicted molar refractivity (Wildman–Crippen MR) is 57.5 cm³/mol. The van der Waals surface area contributed by atoms with E-state index in [1.807, 2.05) is 0 Å². The number of rotatable bonds is 5. The zero-order valence-electron chi connectivity index (χ0n) is 9.17. The maximum absolute atomic E-state index is 5.85. The molecule has 0 radical (unpaired) electrons. The van der Waals surface area contributed by atoms with Crippen LogP contribution in [0.25, 0.3) is 0 Å². The molecule has 0 aromatic carbocycles. The van der Waals surface area contributed by atoms with Crippen molar-refractivity contribution in [3.8, 4) is 0 Å². The zero-order chi connectivity index (χ0) is 9.80. The number of ether oxygens (including phenoxy) is 1. The monoisotopic (exact) mass is 198 g/mol. The predicted octanol–water partition coefficient (Wildman–Crippen LogP) is 0.849. The fourth-order valence-electron chi connectivity index (χ4n) is 2.02. The van der Waals surface area contributed by atoms with Crippen LogP contribution >= 0.6 is 0 Å². The zero-order valence-corrected chi connectivity index (χ0v) is 9.17. The first kappa shape index (κ1) is 10.4. The Balaban J connectivity index is 1.52. The van der Waals surface area contributed by atoms with Gasteiger partial charge in [0.1, 0.15) is 0 Å². The van der Waals surface area contributed by atoms with E-state index in [9.17, 15) is 0 Å². The van der Waals surface area contributed by atoms with E-state index in [4.69, 9.17) is 4.74 Å². The molecular weight excluding hydrogens is 176 g/mol. The van der Waals surface area contributed by atoms with E-state index in [2.05, 4.69) is 17.3 Å². The van der Waals surface area contributed by atoms with Crippen molar-refractivity contribution in [1.29, 1.82) is 0 Å². The normalized spacial score (nSPS) is 24.4. The highest BCUT2D eigenvalue weighted by Gasteiger charge is 2.25. The number of nitrogens with one attached hydrogen (secondary N) is 1. The lowest BCUT2D eigenvalue weighted by Gasteiger charge is -2.24. The molecule has 0 amide bonds. The van der Waals surface area contributed by atoms with Crippen molar-refractivity contribution >= 4 is 0 Å². The largest absolute Gasteiger partial charge is 0.377 e. The average molecular weight is 198 g/mol. The van der Waals surface area contributed by atoms with E-state index in [0.29, 0.717) is 6.10 Å². The van der Waals surface area contributed by atoms with E-state index in [0.717, 1.165) is 32.3 Å². The van der Waals surface area contributed by atoms with Gasteiger partial charge in [-0.3, -0.25) is 0 Å².